The van der Waals surface area contributed by atoms with Crippen molar-refractivity contribution in [3.8, 4) is 5.88 Å². The van der Waals surface area contributed by atoms with Crippen LogP contribution in [0.4, 0.5) is 0 Å². The maximum absolute atomic E-state index is 5.50. The molecule has 0 aliphatic rings. The molecule has 1 heterocycles. The van der Waals surface area contributed by atoms with E-state index in [4.69, 9.17) is 4.74 Å². The normalized spacial score (nSPS) is 12.4. The number of aromatic nitrogens is 2. The fourth-order valence-electron chi connectivity index (χ4n) is 1.72. The maximum atomic E-state index is 5.50. The molecule has 0 amide bonds. The standard InChI is InChI=1S/C14H25N3O/c1-4-7-16-12(6-3)9-13-10-15-11-14(17-13)18-8-5-2/h10-12,16H,4-9H2,1-3H3. The Morgan fingerprint density at radius 2 is 2.06 bits per heavy atom. The van der Waals surface area contributed by atoms with Crippen LogP contribution >= 0.6 is 0 Å². The zero-order chi connectivity index (χ0) is 13.2. The van der Waals surface area contributed by atoms with Crippen LogP contribution in [0.3, 0.4) is 0 Å². The summed E-state index contributed by atoms with van der Waals surface area (Å²) in [6.45, 7) is 8.21. The van der Waals surface area contributed by atoms with Gasteiger partial charge in [-0.1, -0.05) is 20.8 Å². The van der Waals surface area contributed by atoms with E-state index < -0.39 is 0 Å². The molecule has 1 unspecified atom stereocenters. The Hall–Kier alpha value is -1.16. The molecule has 4 nitrogen and oxygen atoms in total. The molecule has 0 radical (unpaired) electrons. The lowest BCUT2D eigenvalue weighted by Gasteiger charge is -2.16. The Balaban J connectivity index is 2.53. The lowest BCUT2D eigenvalue weighted by molar-refractivity contribution is 0.302. The van der Waals surface area contributed by atoms with Gasteiger partial charge in [-0.25, -0.2) is 4.98 Å². The predicted octanol–water partition coefficient (Wildman–Crippen LogP) is 2.59. The summed E-state index contributed by atoms with van der Waals surface area (Å²) in [5.41, 5.74) is 0.999. The van der Waals surface area contributed by atoms with Crippen LogP contribution in [0, 0.1) is 0 Å². The SMILES string of the molecule is CCCNC(CC)Cc1cncc(OCCC)n1. The van der Waals surface area contributed by atoms with Gasteiger partial charge in [0, 0.05) is 18.7 Å². The Bertz CT molecular complexity index is 331. The summed E-state index contributed by atoms with van der Waals surface area (Å²) in [6, 6.07) is 0.473. The summed E-state index contributed by atoms with van der Waals surface area (Å²) in [5, 5.41) is 3.52. The van der Waals surface area contributed by atoms with Crippen LogP contribution in [0.5, 0.6) is 5.88 Å². The van der Waals surface area contributed by atoms with Crippen LogP contribution in [0.25, 0.3) is 0 Å². The van der Waals surface area contributed by atoms with Gasteiger partial charge in [0.1, 0.15) is 0 Å². The molecule has 1 aromatic rings. The first-order valence-electron chi connectivity index (χ1n) is 6.97. The Morgan fingerprint density at radius 1 is 1.22 bits per heavy atom. The lowest BCUT2D eigenvalue weighted by Crippen LogP contribution is -2.31. The molecular weight excluding hydrogens is 226 g/mol. The molecule has 0 aliphatic heterocycles. The third-order valence-corrected chi connectivity index (χ3v) is 2.75. The minimum absolute atomic E-state index is 0.473. The molecule has 4 heteroatoms. The fraction of sp³-hybridized carbons (Fsp3) is 0.714. The van der Waals surface area contributed by atoms with Crippen molar-refractivity contribution in [2.24, 2.45) is 0 Å². The first-order valence-corrected chi connectivity index (χ1v) is 6.97. The number of rotatable bonds is 9. The van der Waals surface area contributed by atoms with Crippen molar-refractivity contribution in [1.82, 2.24) is 15.3 Å². The lowest BCUT2D eigenvalue weighted by atomic mass is 10.1. The second-order valence-electron chi connectivity index (χ2n) is 4.46. The molecular formula is C14H25N3O. The predicted molar refractivity (Wildman–Crippen MR) is 73.9 cm³/mol. The molecule has 0 spiro atoms. The van der Waals surface area contributed by atoms with Crippen LogP contribution in [-0.2, 0) is 6.42 Å². The molecule has 0 saturated heterocycles. The van der Waals surface area contributed by atoms with E-state index in [1.807, 2.05) is 6.20 Å². The summed E-state index contributed by atoms with van der Waals surface area (Å²) >= 11 is 0. The van der Waals surface area contributed by atoms with Gasteiger partial charge in [0.25, 0.3) is 0 Å². The van der Waals surface area contributed by atoms with Crippen LogP contribution in [0.1, 0.15) is 45.7 Å². The van der Waals surface area contributed by atoms with Crippen molar-refractivity contribution in [2.45, 2.75) is 52.5 Å². The first-order chi connectivity index (χ1) is 8.80. The minimum Gasteiger partial charge on any atom is -0.477 e. The molecule has 0 aromatic carbocycles. The quantitative estimate of drug-likeness (QED) is 0.733. The van der Waals surface area contributed by atoms with Gasteiger partial charge in [-0.05, 0) is 25.8 Å². The van der Waals surface area contributed by atoms with Gasteiger partial charge in [-0.3, -0.25) is 4.98 Å². The molecule has 1 N–H and O–H groups in total. The van der Waals surface area contributed by atoms with Gasteiger partial charge in [0.05, 0.1) is 18.5 Å². The number of nitrogens with zero attached hydrogens (tertiary/aromatic N) is 2. The molecule has 0 aliphatic carbocycles. The van der Waals surface area contributed by atoms with E-state index >= 15 is 0 Å². The van der Waals surface area contributed by atoms with Crippen LogP contribution in [0.15, 0.2) is 12.4 Å². The van der Waals surface area contributed by atoms with Crippen molar-refractivity contribution in [3.05, 3.63) is 18.1 Å². The molecule has 102 valence electrons. The number of nitrogens with one attached hydrogen (secondary N) is 1. The number of hydrogen-bond acceptors (Lipinski definition) is 4. The van der Waals surface area contributed by atoms with E-state index in [2.05, 4.69) is 36.1 Å². The molecule has 18 heavy (non-hydrogen) atoms. The molecule has 0 fully saturated rings. The molecule has 1 rings (SSSR count). The van der Waals surface area contributed by atoms with E-state index in [-0.39, 0.29) is 0 Å². The van der Waals surface area contributed by atoms with Gasteiger partial charge in [-0.2, -0.15) is 0 Å². The Labute approximate surface area is 110 Å². The highest BCUT2D eigenvalue weighted by atomic mass is 16.5. The second kappa shape index (κ2) is 8.86. The van der Waals surface area contributed by atoms with E-state index in [9.17, 15) is 0 Å². The van der Waals surface area contributed by atoms with Crippen molar-refractivity contribution in [3.63, 3.8) is 0 Å². The van der Waals surface area contributed by atoms with Gasteiger partial charge >= 0.3 is 0 Å². The maximum Gasteiger partial charge on any atom is 0.232 e. The second-order valence-corrected chi connectivity index (χ2v) is 4.46. The van der Waals surface area contributed by atoms with Crippen LogP contribution in [0.2, 0.25) is 0 Å². The largest absolute Gasteiger partial charge is 0.477 e. The minimum atomic E-state index is 0.473. The van der Waals surface area contributed by atoms with E-state index in [1.54, 1.807) is 6.20 Å². The average Bonchev–Trinajstić information content (AvgIpc) is 2.41. The smallest absolute Gasteiger partial charge is 0.232 e. The average molecular weight is 251 g/mol. The molecule has 1 atom stereocenters. The Kier molecular flexibility index (Phi) is 7.34. The summed E-state index contributed by atoms with van der Waals surface area (Å²) in [5.74, 6) is 0.639. The third-order valence-electron chi connectivity index (χ3n) is 2.75. The van der Waals surface area contributed by atoms with Crippen molar-refractivity contribution in [2.75, 3.05) is 13.2 Å². The summed E-state index contributed by atoms with van der Waals surface area (Å²) in [4.78, 5) is 8.67. The van der Waals surface area contributed by atoms with Crippen LogP contribution < -0.4 is 10.1 Å². The molecule has 0 bridgehead atoms. The van der Waals surface area contributed by atoms with Crippen molar-refractivity contribution in [1.29, 1.82) is 0 Å². The van der Waals surface area contributed by atoms with Gasteiger partial charge in [-0.15, -0.1) is 0 Å². The van der Waals surface area contributed by atoms with Crippen LogP contribution in [-0.4, -0.2) is 29.2 Å². The molecule has 0 saturated carbocycles. The number of ether oxygens (including phenoxy) is 1. The van der Waals surface area contributed by atoms with Gasteiger partial charge in [0.15, 0.2) is 0 Å². The summed E-state index contributed by atoms with van der Waals surface area (Å²) < 4.78 is 5.50. The van der Waals surface area contributed by atoms with Crippen molar-refractivity contribution < 1.29 is 4.74 Å². The monoisotopic (exact) mass is 251 g/mol. The zero-order valence-electron chi connectivity index (χ0n) is 11.8. The van der Waals surface area contributed by atoms with E-state index in [0.717, 1.165) is 37.9 Å². The van der Waals surface area contributed by atoms with Gasteiger partial charge < -0.3 is 10.1 Å². The van der Waals surface area contributed by atoms with E-state index in [1.165, 1.54) is 0 Å². The third kappa shape index (κ3) is 5.45. The first kappa shape index (κ1) is 14.9. The van der Waals surface area contributed by atoms with Gasteiger partial charge in [0.2, 0.25) is 5.88 Å². The molecule has 1 aromatic heterocycles. The highest BCUT2D eigenvalue weighted by Crippen LogP contribution is 2.08. The topological polar surface area (TPSA) is 47.0 Å². The van der Waals surface area contributed by atoms with E-state index in [0.29, 0.717) is 18.5 Å². The fourth-order valence-corrected chi connectivity index (χ4v) is 1.72. The summed E-state index contributed by atoms with van der Waals surface area (Å²) in [6.07, 6.45) is 7.66. The highest BCUT2D eigenvalue weighted by Gasteiger charge is 2.08. The zero-order valence-corrected chi connectivity index (χ0v) is 11.8. The summed E-state index contributed by atoms with van der Waals surface area (Å²) in [7, 11) is 0. The highest BCUT2D eigenvalue weighted by molar-refractivity contribution is 5.09. The van der Waals surface area contributed by atoms with Crippen molar-refractivity contribution >= 4 is 0 Å². The number of hydrogen-bond donors (Lipinski definition) is 1. The Morgan fingerprint density at radius 3 is 2.72 bits per heavy atom.